The van der Waals surface area contributed by atoms with E-state index in [2.05, 4.69) is 57.9 Å². The summed E-state index contributed by atoms with van der Waals surface area (Å²) >= 11 is 0. The van der Waals surface area contributed by atoms with Gasteiger partial charge in [-0.05, 0) is 74.9 Å². The maximum Gasteiger partial charge on any atom is 0.257 e. The second-order valence-electron chi connectivity index (χ2n) is 11.9. The number of rotatable bonds is 9. The van der Waals surface area contributed by atoms with Gasteiger partial charge in [0.2, 0.25) is 5.82 Å². The highest BCUT2D eigenvalue weighted by Crippen LogP contribution is 2.39. The van der Waals surface area contributed by atoms with Crippen molar-refractivity contribution in [2.45, 2.75) is 84.8 Å². The minimum absolute atomic E-state index is 0.0129. The Kier molecular flexibility index (Phi) is 7.76. The van der Waals surface area contributed by atoms with Gasteiger partial charge in [-0.15, -0.1) is 10.2 Å². The molecule has 1 aliphatic heterocycles. The van der Waals surface area contributed by atoms with Gasteiger partial charge in [-0.25, -0.2) is 4.98 Å². The molecule has 3 heterocycles. The van der Waals surface area contributed by atoms with E-state index in [0.29, 0.717) is 24.6 Å². The van der Waals surface area contributed by atoms with E-state index in [0.717, 1.165) is 58.3 Å². The van der Waals surface area contributed by atoms with E-state index in [4.69, 9.17) is 4.98 Å². The third kappa shape index (κ3) is 5.52. The second kappa shape index (κ2) is 11.1. The number of aromatic nitrogens is 6. The number of unbranched alkanes of at least 4 members (excludes halogenated alkanes) is 1. The first-order valence-electron chi connectivity index (χ1n) is 14.3. The lowest BCUT2D eigenvalue weighted by Crippen LogP contribution is -2.48. The van der Waals surface area contributed by atoms with Crippen molar-refractivity contribution in [3.05, 3.63) is 93.2 Å². The van der Waals surface area contributed by atoms with Gasteiger partial charge in [-0.3, -0.25) is 9.36 Å². The number of hydroxylamine groups is 2. The van der Waals surface area contributed by atoms with Crippen LogP contribution in [-0.2, 0) is 19.4 Å². The topological polar surface area (TPSA) is 113 Å². The molecule has 0 spiro atoms. The Balaban J connectivity index is 1.49. The van der Waals surface area contributed by atoms with Crippen molar-refractivity contribution in [3.8, 4) is 22.5 Å². The lowest BCUT2D eigenvalue weighted by atomic mass is 9.95. The Morgan fingerprint density at radius 2 is 1.71 bits per heavy atom. The van der Waals surface area contributed by atoms with Crippen LogP contribution in [0.25, 0.3) is 22.5 Å². The summed E-state index contributed by atoms with van der Waals surface area (Å²) in [4.78, 5) is 19.0. The van der Waals surface area contributed by atoms with E-state index in [-0.39, 0.29) is 5.56 Å². The van der Waals surface area contributed by atoms with E-state index in [1.807, 2.05) is 58.9 Å². The fraction of sp³-hybridized carbons (Fsp3) is 0.406. The van der Waals surface area contributed by atoms with Gasteiger partial charge in [0.05, 0.1) is 23.3 Å². The summed E-state index contributed by atoms with van der Waals surface area (Å²) in [5.41, 5.74) is 5.47. The van der Waals surface area contributed by atoms with Gasteiger partial charge in [0.15, 0.2) is 0 Å². The fourth-order valence-electron chi connectivity index (χ4n) is 5.81. The molecule has 214 valence electrons. The van der Waals surface area contributed by atoms with Crippen LogP contribution in [0.5, 0.6) is 0 Å². The van der Waals surface area contributed by atoms with Crippen LogP contribution in [0, 0.1) is 6.92 Å². The first kappa shape index (κ1) is 28.6. The Morgan fingerprint density at radius 1 is 1.00 bits per heavy atom. The summed E-state index contributed by atoms with van der Waals surface area (Å²) in [6.07, 6.45) is 5.33. The van der Waals surface area contributed by atoms with Crippen molar-refractivity contribution in [1.29, 1.82) is 0 Å². The fourth-order valence-corrected chi connectivity index (χ4v) is 5.81. The largest absolute Gasteiger partial charge is 0.312 e. The summed E-state index contributed by atoms with van der Waals surface area (Å²) in [5, 5.41) is 26.7. The summed E-state index contributed by atoms with van der Waals surface area (Å²) in [7, 11) is 0. The summed E-state index contributed by atoms with van der Waals surface area (Å²) in [5.74, 6) is 1.24. The number of H-pyrrole nitrogens is 1. The molecule has 2 N–H and O–H groups in total. The zero-order chi connectivity index (χ0) is 29.4. The molecule has 9 heteroatoms. The predicted octanol–water partition coefficient (Wildman–Crippen LogP) is 5.52. The molecule has 0 aliphatic carbocycles. The molecule has 0 radical (unpaired) electrons. The minimum Gasteiger partial charge on any atom is -0.312 e. The number of tetrazole rings is 1. The maximum absolute atomic E-state index is 14.1. The van der Waals surface area contributed by atoms with Crippen LogP contribution in [0.2, 0.25) is 0 Å². The third-order valence-electron chi connectivity index (χ3n) is 8.18. The number of nitrogens with one attached hydrogen (secondary N) is 1. The van der Waals surface area contributed by atoms with Crippen LogP contribution in [0.3, 0.4) is 0 Å². The lowest BCUT2D eigenvalue weighted by molar-refractivity contribution is -0.185. The van der Waals surface area contributed by atoms with Crippen LogP contribution in [-0.4, -0.2) is 51.5 Å². The van der Waals surface area contributed by atoms with Gasteiger partial charge >= 0.3 is 0 Å². The van der Waals surface area contributed by atoms with Crippen LogP contribution in [0.4, 0.5) is 0 Å². The molecule has 4 aromatic rings. The number of benzene rings is 2. The van der Waals surface area contributed by atoms with E-state index in [9.17, 15) is 10.0 Å². The number of hydrogen-bond donors (Lipinski definition) is 2. The first-order chi connectivity index (χ1) is 19.5. The monoisotopic (exact) mass is 553 g/mol. The van der Waals surface area contributed by atoms with Crippen LogP contribution >= 0.6 is 0 Å². The Morgan fingerprint density at radius 3 is 2.32 bits per heavy atom. The summed E-state index contributed by atoms with van der Waals surface area (Å²) in [6.45, 7) is 12.3. The number of aromatic amines is 1. The van der Waals surface area contributed by atoms with Crippen LogP contribution < -0.4 is 5.56 Å². The molecule has 9 nitrogen and oxygen atoms in total. The SMILES string of the molecule is CCCCc1nc(C)n(CC2=CC(C)(C)N(O)C2(C)C)c(=O)c1Cc1ccc(-c2ccccc2-c2nn[nH]n2)cc1. The van der Waals surface area contributed by atoms with Crippen molar-refractivity contribution in [3.63, 3.8) is 0 Å². The summed E-state index contributed by atoms with van der Waals surface area (Å²) < 4.78 is 1.77. The van der Waals surface area contributed by atoms with Gasteiger partial charge in [-0.2, -0.15) is 10.3 Å². The van der Waals surface area contributed by atoms with Gasteiger partial charge < -0.3 is 5.21 Å². The molecule has 0 bridgehead atoms. The highest BCUT2D eigenvalue weighted by molar-refractivity contribution is 5.80. The van der Waals surface area contributed by atoms with Crippen molar-refractivity contribution in [2.75, 3.05) is 0 Å². The molecule has 1 aliphatic rings. The highest BCUT2D eigenvalue weighted by Gasteiger charge is 2.45. The van der Waals surface area contributed by atoms with Gasteiger partial charge in [0.25, 0.3) is 5.56 Å². The predicted molar refractivity (Wildman–Crippen MR) is 160 cm³/mol. The minimum atomic E-state index is -0.593. The molecular formula is C32H39N7O2. The van der Waals surface area contributed by atoms with E-state index in [1.54, 1.807) is 4.57 Å². The van der Waals surface area contributed by atoms with Gasteiger partial charge in [0, 0.05) is 17.5 Å². The maximum atomic E-state index is 14.1. The average Bonchev–Trinajstić information content (AvgIpc) is 3.54. The molecule has 2 aromatic heterocycles. The quantitative estimate of drug-likeness (QED) is 0.262. The third-order valence-corrected chi connectivity index (χ3v) is 8.18. The lowest BCUT2D eigenvalue weighted by Gasteiger charge is -2.36. The second-order valence-corrected chi connectivity index (χ2v) is 11.9. The average molecular weight is 554 g/mol. The summed E-state index contributed by atoms with van der Waals surface area (Å²) in [6, 6.07) is 16.3. The first-order valence-corrected chi connectivity index (χ1v) is 14.3. The standard InChI is InChI=1S/C32H39N7O2/c1-7-8-13-28-27(30(40)38(21(2)33-28)20-24-19-31(3,4)39(41)32(24,5)6)18-22-14-16-23(17-15-22)25-11-9-10-12-26(25)29-34-36-37-35-29/h9-12,14-17,19,41H,7-8,13,18,20H2,1-6H3,(H,34,35,36,37). The van der Waals surface area contributed by atoms with Crippen molar-refractivity contribution < 1.29 is 5.21 Å². The van der Waals surface area contributed by atoms with Gasteiger partial charge in [0.1, 0.15) is 5.82 Å². The molecule has 0 atom stereocenters. The molecule has 0 saturated heterocycles. The molecular weight excluding hydrogens is 514 g/mol. The molecule has 2 aromatic carbocycles. The zero-order valence-corrected chi connectivity index (χ0v) is 24.8. The van der Waals surface area contributed by atoms with Crippen molar-refractivity contribution in [2.24, 2.45) is 0 Å². The number of aryl methyl sites for hydroxylation is 2. The molecule has 0 unspecified atom stereocenters. The Labute approximate surface area is 240 Å². The molecule has 0 amide bonds. The molecule has 41 heavy (non-hydrogen) atoms. The number of hydrogen-bond acceptors (Lipinski definition) is 7. The number of nitrogens with zero attached hydrogens (tertiary/aromatic N) is 6. The van der Waals surface area contributed by atoms with E-state index < -0.39 is 11.1 Å². The van der Waals surface area contributed by atoms with E-state index in [1.165, 1.54) is 5.06 Å². The van der Waals surface area contributed by atoms with Crippen molar-refractivity contribution >= 4 is 0 Å². The van der Waals surface area contributed by atoms with Crippen LogP contribution in [0.15, 0.2) is 65.0 Å². The molecule has 0 saturated carbocycles. The van der Waals surface area contributed by atoms with Crippen LogP contribution in [0.1, 0.15) is 70.1 Å². The molecule has 5 rings (SSSR count). The van der Waals surface area contributed by atoms with E-state index >= 15 is 0 Å². The van der Waals surface area contributed by atoms with Crippen molar-refractivity contribution in [1.82, 2.24) is 35.2 Å². The normalized spacial score (nSPS) is 16.2. The Hall–Kier alpha value is -3.95. The smallest absolute Gasteiger partial charge is 0.257 e. The van der Waals surface area contributed by atoms with Gasteiger partial charge in [-0.1, -0.05) is 68.0 Å². The highest BCUT2D eigenvalue weighted by atomic mass is 16.5. The zero-order valence-electron chi connectivity index (χ0n) is 24.8. The Bertz CT molecular complexity index is 1620. The molecule has 0 fully saturated rings.